The van der Waals surface area contributed by atoms with Gasteiger partial charge in [0.2, 0.25) is 5.91 Å². The second-order valence-corrected chi connectivity index (χ2v) is 4.99. The lowest BCUT2D eigenvalue weighted by Crippen LogP contribution is -2.12. The number of hydrogen-bond acceptors (Lipinski definition) is 2. The molecule has 0 saturated carbocycles. The Morgan fingerprint density at radius 1 is 1.11 bits per heavy atom. The van der Waals surface area contributed by atoms with Crippen molar-refractivity contribution >= 4 is 17.6 Å². The molecule has 1 amide bonds. The zero-order valence-electron chi connectivity index (χ0n) is 10.7. The van der Waals surface area contributed by atoms with E-state index in [4.69, 9.17) is 5.11 Å². The van der Waals surface area contributed by atoms with E-state index in [9.17, 15) is 9.59 Å². The Morgan fingerprint density at radius 3 is 2.11 bits per heavy atom. The number of anilines is 1. The van der Waals surface area contributed by atoms with Crippen LogP contribution < -0.4 is 5.32 Å². The minimum absolute atomic E-state index is 0.0613. The van der Waals surface area contributed by atoms with E-state index in [1.165, 1.54) is 5.56 Å². The first-order valence-electron chi connectivity index (χ1n) is 5.61. The molecular weight excluding hydrogens is 230 g/mol. The Labute approximate surface area is 106 Å². The fraction of sp³-hybridized carbons (Fsp3) is 0.286. The van der Waals surface area contributed by atoms with Crippen molar-refractivity contribution in [3.05, 3.63) is 42.0 Å². The smallest absolute Gasteiger partial charge is 0.328 e. The molecule has 0 heterocycles. The van der Waals surface area contributed by atoms with Gasteiger partial charge in [0.1, 0.15) is 0 Å². The van der Waals surface area contributed by atoms with Crippen molar-refractivity contribution in [2.45, 2.75) is 26.2 Å². The molecule has 18 heavy (non-hydrogen) atoms. The van der Waals surface area contributed by atoms with Crippen LogP contribution in [-0.4, -0.2) is 17.0 Å². The van der Waals surface area contributed by atoms with Crippen LogP contribution in [0.2, 0.25) is 0 Å². The third-order valence-corrected chi connectivity index (χ3v) is 2.40. The number of amides is 1. The van der Waals surface area contributed by atoms with Crippen LogP contribution in [0.15, 0.2) is 36.4 Å². The maximum absolute atomic E-state index is 11.3. The van der Waals surface area contributed by atoms with Crippen molar-refractivity contribution in [3.63, 3.8) is 0 Å². The van der Waals surface area contributed by atoms with Crippen LogP contribution in [0, 0.1) is 0 Å². The summed E-state index contributed by atoms with van der Waals surface area (Å²) in [5, 5.41) is 11.0. The summed E-state index contributed by atoms with van der Waals surface area (Å²) in [7, 11) is 0. The molecule has 96 valence electrons. The largest absolute Gasteiger partial charge is 0.478 e. The van der Waals surface area contributed by atoms with Gasteiger partial charge in [-0.15, -0.1) is 0 Å². The normalized spacial score (nSPS) is 11.5. The molecule has 0 fully saturated rings. The lowest BCUT2D eigenvalue weighted by Gasteiger charge is -2.19. The minimum atomic E-state index is -1.15. The predicted molar refractivity (Wildman–Crippen MR) is 70.5 cm³/mol. The van der Waals surface area contributed by atoms with E-state index in [0.717, 1.165) is 12.2 Å². The van der Waals surface area contributed by atoms with E-state index >= 15 is 0 Å². The van der Waals surface area contributed by atoms with E-state index in [2.05, 4.69) is 26.1 Å². The molecule has 1 aromatic carbocycles. The van der Waals surface area contributed by atoms with Gasteiger partial charge in [-0.3, -0.25) is 4.79 Å². The van der Waals surface area contributed by atoms with Gasteiger partial charge < -0.3 is 10.4 Å². The number of carbonyl (C=O) groups is 2. The molecule has 4 heteroatoms. The van der Waals surface area contributed by atoms with Crippen LogP contribution in [0.4, 0.5) is 5.69 Å². The first-order valence-corrected chi connectivity index (χ1v) is 5.61. The van der Waals surface area contributed by atoms with Crippen molar-refractivity contribution in [1.29, 1.82) is 0 Å². The molecule has 0 aliphatic carbocycles. The topological polar surface area (TPSA) is 66.4 Å². The monoisotopic (exact) mass is 247 g/mol. The van der Waals surface area contributed by atoms with Gasteiger partial charge in [0, 0.05) is 17.8 Å². The molecule has 0 bridgehead atoms. The van der Waals surface area contributed by atoms with Crippen LogP contribution in [-0.2, 0) is 15.0 Å². The zero-order chi connectivity index (χ0) is 13.8. The molecule has 0 aliphatic rings. The molecule has 0 radical (unpaired) electrons. The summed E-state index contributed by atoms with van der Waals surface area (Å²) in [6.45, 7) is 6.32. The molecule has 1 rings (SSSR count). The Balaban J connectivity index is 2.70. The Morgan fingerprint density at radius 2 is 1.67 bits per heavy atom. The first kappa shape index (κ1) is 14.0. The molecule has 0 saturated heterocycles. The van der Waals surface area contributed by atoms with Gasteiger partial charge in [-0.1, -0.05) is 32.9 Å². The molecule has 0 spiro atoms. The van der Waals surface area contributed by atoms with Gasteiger partial charge in [-0.25, -0.2) is 4.79 Å². The lowest BCUT2D eigenvalue weighted by molar-refractivity contribution is -0.131. The molecule has 4 nitrogen and oxygen atoms in total. The SMILES string of the molecule is CC(C)(C)c1ccc(NC(=O)/C=C/C(=O)O)cc1. The number of rotatable bonds is 3. The fourth-order valence-corrected chi connectivity index (χ4v) is 1.38. The van der Waals surface area contributed by atoms with E-state index < -0.39 is 11.9 Å². The van der Waals surface area contributed by atoms with Crippen LogP contribution in [0.3, 0.4) is 0 Å². The summed E-state index contributed by atoms with van der Waals surface area (Å²) in [5.41, 5.74) is 1.87. The number of carbonyl (C=O) groups excluding carboxylic acids is 1. The highest BCUT2D eigenvalue weighted by atomic mass is 16.4. The third kappa shape index (κ3) is 4.41. The summed E-state index contributed by atoms with van der Waals surface area (Å²) in [4.78, 5) is 21.6. The Kier molecular flexibility index (Phi) is 4.26. The zero-order valence-corrected chi connectivity index (χ0v) is 10.7. The highest BCUT2D eigenvalue weighted by Crippen LogP contribution is 2.23. The van der Waals surface area contributed by atoms with Crippen molar-refractivity contribution in [2.24, 2.45) is 0 Å². The predicted octanol–water partition coefficient (Wildman–Crippen LogP) is 2.56. The number of carboxylic acid groups (broad SMARTS) is 1. The van der Waals surface area contributed by atoms with Crippen LogP contribution in [0.5, 0.6) is 0 Å². The van der Waals surface area contributed by atoms with Crippen LogP contribution in [0.25, 0.3) is 0 Å². The number of aliphatic carboxylic acids is 1. The van der Waals surface area contributed by atoms with Crippen LogP contribution >= 0.6 is 0 Å². The van der Waals surface area contributed by atoms with Crippen molar-refractivity contribution in [3.8, 4) is 0 Å². The molecule has 0 atom stereocenters. The van der Waals surface area contributed by atoms with Crippen LogP contribution in [0.1, 0.15) is 26.3 Å². The second kappa shape index (κ2) is 5.49. The summed E-state index contributed by atoms with van der Waals surface area (Å²) >= 11 is 0. The fourth-order valence-electron chi connectivity index (χ4n) is 1.38. The van der Waals surface area contributed by atoms with E-state index in [1.54, 1.807) is 12.1 Å². The number of benzene rings is 1. The Hall–Kier alpha value is -2.10. The maximum atomic E-state index is 11.3. The number of hydrogen-bond donors (Lipinski definition) is 2. The van der Waals surface area contributed by atoms with E-state index in [0.29, 0.717) is 5.69 Å². The number of carboxylic acids is 1. The van der Waals surface area contributed by atoms with E-state index in [1.807, 2.05) is 12.1 Å². The van der Waals surface area contributed by atoms with E-state index in [-0.39, 0.29) is 5.41 Å². The summed E-state index contributed by atoms with van der Waals surface area (Å²) in [6, 6.07) is 7.48. The molecule has 0 aromatic heterocycles. The highest BCUT2D eigenvalue weighted by Gasteiger charge is 2.12. The maximum Gasteiger partial charge on any atom is 0.328 e. The lowest BCUT2D eigenvalue weighted by atomic mass is 9.87. The quantitative estimate of drug-likeness (QED) is 0.807. The van der Waals surface area contributed by atoms with Gasteiger partial charge in [0.05, 0.1) is 0 Å². The molecular formula is C14H17NO3. The van der Waals surface area contributed by atoms with Gasteiger partial charge in [-0.05, 0) is 23.1 Å². The number of nitrogens with one attached hydrogen (secondary N) is 1. The van der Waals surface area contributed by atoms with Crippen molar-refractivity contribution in [1.82, 2.24) is 0 Å². The average molecular weight is 247 g/mol. The summed E-state index contributed by atoms with van der Waals surface area (Å²) in [6.07, 6.45) is 1.79. The third-order valence-electron chi connectivity index (χ3n) is 2.40. The minimum Gasteiger partial charge on any atom is -0.478 e. The van der Waals surface area contributed by atoms with Gasteiger partial charge in [-0.2, -0.15) is 0 Å². The van der Waals surface area contributed by atoms with Gasteiger partial charge >= 0.3 is 5.97 Å². The van der Waals surface area contributed by atoms with Gasteiger partial charge in [0.25, 0.3) is 0 Å². The second-order valence-electron chi connectivity index (χ2n) is 4.99. The molecule has 2 N–H and O–H groups in total. The molecule has 0 aliphatic heterocycles. The Bertz CT molecular complexity index is 467. The molecule has 0 unspecified atom stereocenters. The standard InChI is InChI=1S/C14H17NO3/c1-14(2,3)10-4-6-11(7-5-10)15-12(16)8-9-13(17)18/h4-9H,1-3H3,(H,15,16)(H,17,18)/b9-8+. The van der Waals surface area contributed by atoms with Gasteiger partial charge in [0.15, 0.2) is 0 Å². The van der Waals surface area contributed by atoms with Crippen molar-refractivity contribution in [2.75, 3.05) is 5.32 Å². The molecule has 1 aromatic rings. The summed E-state index contributed by atoms with van der Waals surface area (Å²) in [5.74, 6) is -1.60. The van der Waals surface area contributed by atoms with Crippen molar-refractivity contribution < 1.29 is 14.7 Å². The summed E-state index contributed by atoms with van der Waals surface area (Å²) < 4.78 is 0. The highest BCUT2D eigenvalue weighted by molar-refractivity contribution is 6.02. The first-order chi connectivity index (χ1) is 8.29. The average Bonchev–Trinajstić information content (AvgIpc) is 2.26.